The molecule has 1 fully saturated rings. The quantitative estimate of drug-likeness (QED) is 0.245. The number of rotatable bonds is 10. The second-order valence-electron chi connectivity index (χ2n) is 15.2. The van der Waals surface area contributed by atoms with Crippen molar-refractivity contribution in [2.45, 2.75) is 115 Å². The highest BCUT2D eigenvalue weighted by molar-refractivity contribution is 6.04. The summed E-state index contributed by atoms with van der Waals surface area (Å²) < 4.78 is 18.0. The third-order valence-corrected chi connectivity index (χ3v) is 9.68. The maximum atomic E-state index is 14.4. The van der Waals surface area contributed by atoms with Crippen LogP contribution in [0.4, 0.5) is 4.79 Å². The van der Waals surface area contributed by atoms with Gasteiger partial charge in [0.15, 0.2) is 0 Å². The van der Waals surface area contributed by atoms with E-state index in [9.17, 15) is 14.4 Å². The van der Waals surface area contributed by atoms with E-state index in [2.05, 4.69) is 28.8 Å². The third kappa shape index (κ3) is 8.40. The minimum atomic E-state index is -0.788. The smallest absolute Gasteiger partial charge is 0.437 e. The van der Waals surface area contributed by atoms with Crippen LogP contribution in [0.2, 0.25) is 0 Å². The lowest BCUT2D eigenvalue weighted by atomic mass is 9.81. The number of allylic oxidation sites excluding steroid dienone is 1. The van der Waals surface area contributed by atoms with Gasteiger partial charge in [-0.2, -0.15) is 0 Å². The van der Waals surface area contributed by atoms with Crippen molar-refractivity contribution in [2.24, 2.45) is 10.9 Å². The summed E-state index contributed by atoms with van der Waals surface area (Å²) in [4.78, 5) is 47.3. The lowest BCUT2D eigenvalue weighted by Gasteiger charge is -2.48. The van der Waals surface area contributed by atoms with Crippen molar-refractivity contribution < 1.29 is 28.6 Å². The first kappa shape index (κ1) is 36.7. The summed E-state index contributed by atoms with van der Waals surface area (Å²) in [7, 11) is 0. The molecule has 10 heteroatoms. The third-order valence-electron chi connectivity index (χ3n) is 9.68. The van der Waals surface area contributed by atoms with Crippen LogP contribution in [0.25, 0.3) is 6.08 Å². The molecular formula is C40H52N4O6. The van der Waals surface area contributed by atoms with E-state index in [4.69, 9.17) is 14.2 Å². The fourth-order valence-corrected chi connectivity index (χ4v) is 7.19. The predicted octanol–water partition coefficient (Wildman–Crippen LogP) is 7.81. The normalized spacial score (nSPS) is 24.8. The topological polar surface area (TPSA) is 119 Å². The number of para-hydroxylation sites is 1. The fraction of sp³-hybridized carbons (Fsp3) is 0.500. The number of carbonyl (C=O) groups excluding carboxylic acids is 3. The number of hydrogen-bond acceptors (Lipinski definition) is 6. The number of hydrogen-bond donors (Lipinski definition) is 2. The van der Waals surface area contributed by atoms with Crippen LogP contribution in [-0.4, -0.2) is 52.1 Å². The van der Waals surface area contributed by atoms with E-state index >= 15 is 0 Å². The van der Waals surface area contributed by atoms with E-state index in [0.717, 1.165) is 22.4 Å². The van der Waals surface area contributed by atoms with Crippen molar-refractivity contribution >= 4 is 29.9 Å². The Kier molecular flexibility index (Phi) is 10.8. The number of nitrogens with zero attached hydrogens (tertiary/aromatic N) is 2. The lowest BCUT2D eigenvalue weighted by molar-refractivity contribution is -0.134. The molecule has 3 heterocycles. The second kappa shape index (κ2) is 14.7. The van der Waals surface area contributed by atoms with Crippen LogP contribution in [0, 0.1) is 5.92 Å². The van der Waals surface area contributed by atoms with Gasteiger partial charge in [0.1, 0.15) is 22.7 Å². The minimum Gasteiger partial charge on any atom is -0.493 e. The summed E-state index contributed by atoms with van der Waals surface area (Å²) >= 11 is 0. The summed E-state index contributed by atoms with van der Waals surface area (Å²) in [6, 6.07) is 12.7. The molecule has 4 atom stereocenters. The monoisotopic (exact) mass is 684 g/mol. The average molecular weight is 685 g/mol. The lowest BCUT2D eigenvalue weighted by Crippen LogP contribution is -2.64. The molecule has 0 radical (unpaired) electrons. The number of carbonyl (C=O) groups is 3. The van der Waals surface area contributed by atoms with Crippen LogP contribution in [0.5, 0.6) is 11.5 Å². The standard InChI is InChI=1S/C40H52N4O6/c1-9-12-21-40(11-3)24-34(46)44(36(43-40)42-37(47)50-38(4,5)6)35-27(25-48-31-16-14-13-15-28(31)35)18-20-33(45)41-30-23-39(7,8)49-32-19-17-26(10-2)22-29(30)32/h9-10,13-17,19,22,27,30,35H,1-2,11-12,18,20-21,23-25H2,3-8H3,(H,41,45)(H,42,43,47)/t27-,30+,35+,40-/m1/s1. The van der Waals surface area contributed by atoms with E-state index in [1.54, 1.807) is 31.7 Å². The molecule has 2 aromatic rings. The molecule has 3 amide bonds. The molecular weight excluding hydrogens is 632 g/mol. The Morgan fingerprint density at radius 3 is 2.60 bits per heavy atom. The van der Waals surface area contributed by atoms with Gasteiger partial charge in [0, 0.05) is 35.4 Å². The van der Waals surface area contributed by atoms with E-state index in [1.807, 2.05) is 69.3 Å². The Hall–Kier alpha value is -4.60. The zero-order valence-electron chi connectivity index (χ0n) is 30.3. The first-order valence-corrected chi connectivity index (χ1v) is 17.7. The van der Waals surface area contributed by atoms with Gasteiger partial charge in [-0.3, -0.25) is 14.5 Å². The van der Waals surface area contributed by atoms with Crippen molar-refractivity contribution in [1.82, 2.24) is 15.5 Å². The maximum Gasteiger partial charge on any atom is 0.437 e. The molecule has 0 spiro atoms. The summed E-state index contributed by atoms with van der Waals surface area (Å²) in [5.41, 5.74) is 0.825. The van der Waals surface area contributed by atoms with Crippen LogP contribution < -0.4 is 20.1 Å². The Morgan fingerprint density at radius 1 is 1.14 bits per heavy atom. The van der Waals surface area contributed by atoms with E-state index < -0.39 is 28.9 Å². The maximum absolute atomic E-state index is 14.4. The van der Waals surface area contributed by atoms with E-state index in [-0.39, 0.29) is 49.2 Å². The van der Waals surface area contributed by atoms with Gasteiger partial charge in [0.25, 0.3) is 0 Å². The van der Waals surface area contributed by atoms with Crippen LogP contribution in [-0.2, 0) is 14.3 Å². The van der Waals surface area contributed by atoms with Crippen LogP contribution in [0.1, 0.15) is 115 Å². The number of guanidine groups is 1. The molecule has 2 aromatic carbocycles. The molecule has 50 heavy (non-hydrogen) atoms. The van der Waals surface area contributed by atoms with Crippen LogP contribution in [0.3, 0.4) is 0 Å². The van der Waals surface area contributed by atoms with Gasteiger partial charge in [0.05, 0.1) is 25.1 Å². The molecule has 3 aliphatic heterocycles. The van der Waals surface area contributed by atoms with E-state index in [1.165, 1.54) is 0 Å². The van der Waals surface area contributed by atoms with Gasteiger partial charge >= 0.3 is 6.09 Å². The average Bonchev–Trinajstić information content (AvgIpc) is 3.05. The fourth-order valence-electron chi connectivity index (χ4n) is 7.19. The largest absolute Gasteiger partial charge is 0.493 e. The highest BCUT2D eigenvalue weighted by atomic mass is 16.6. The van der Waals surface area contributed by atoms with Gasteiger partial charge in [-0.25, -0.2) is 4.79 Å². The highest BCUT2D eigenvalue weighted by Gasteiger charge is 2.47. The first-order chi connectivity index (χ1) is 23.7. The molecule has 3 aliphatic rings. The first-order valence-electron chi connectivity index (χ1n) is 17.7. The summed E-state index contributed by atoms with van der Waals surface area (Å²) in [5.74, 6) is 1.00. The zero-order valence-corrected chi connectivity index (χ0v) is 30.3. The molecule has 0 aliphatic carbocycles. The minimum absolute atomic E-state index is 0.111. The Bertz CT molecular complexity index is 1660. The van der Waals surface area contributed by atoms with Crippen molar-refractivity contribution in [3.63, 3.8) is 0 Å². The molecule has 0 unspecified atom stereocenters. The van der Waals surface area contributed by atoms with Crippen molar-refractivity contribution in [3.8, 4) is 11.5 Å². The summed E-state index contributed by atoms with van der Waals surface area (Å²) in [5, 5.41) is 6.77. The van der Waals surface area contributed by atoms with Crippen LogP contribution >= 0.6 is 0 Å². The predicted molar refractivity (Wildman–Crippen MR) is 195 cm³/mol. The summed E-state index contributed by atoms with van der Waals surface area (Å²) in [6.07, 6.45) is 6.25. The number of aliphatic imine (C=N–C) groups is 1. The summed E-state index contributed by atoms with van der Waals surface area (Å²) in [6.45, 7) is 19.4. The number of fused-ring (bicyclic) bond motifs is 2. The van der Waals surface area contributed by atoms with Gasteiger partial charge < -0.3 is 24.8 Å². The number of nitrogens with one attached hydrogen (secondary N) is 2. The van der Waals surface area contributed by atoms with Gasteiger partial charge in [0.2, 0.25) is 17.8 Å². The van der Waals surface area contributed by atoms with Gasteiger partial charge in [-0.15, -0.1) is 11.6 Å². The molecule has 5 rings (SSSR count). The molecule has 1 saturated heterocycles. The number of benzene rings is 2. The molecule has 0 saturated carbocycles. The SMILES string of the molecule is C=CCC[C@]1(CC)CC(=O)N([C@@H]2c3ccccc3OC[C@H]2CCC(=O)N[C@H]2CC(C)(C)Oc3ccc(C=C)cc32)/C(=N/C(=O)OC(C)(C)C)N1. The second-order valence-corrected chi connectivity index (χ2v) is 15.2. The van der Waals surface area contributed by atoms with Crippen molar-refractivity contribution in [3.05, 3.63) is 78.4 Å². The Labute approximate surface area is 296 Å². The molecule has 268 valence electrons. The van der Waals surface area contributed by atoms with Crippen molar-refractivity contribution in [2.75, 3.05) is 6.61 Å². The van der Waals surface area contributed by atoms with Crippen LogP contribution in [0.15, 0.2) is 66.7 Å². The number of amides is 3. The van der Waals surface area contributed by atoms with E-state index in [0.29, 0.717) is 37.9 Å². The molecule has 2 N–H and O–H groups in total. The Balaban J connectivity index is 1.44. The van der Waals surface area contributed by atoms with Crippen molar-refractivity contribution in [1.29, 1.82) is 0 Å². The zero-order chi connectivity index (χ0) is 36.3. The molecule has 10 nitrogen and oxygen atoms in total. The molecule has 0 bridgehead atoms. The highest BCUT2D eigenvalue weighted by Crippen LogP contribution is 2.44. The number of ether oxygens (including phenoxy) is 3. The Morgan fingerprint density at radius 2 is 1.90 bits per heavy atom. The van der Waals surface area contributed by atoms with Gasteiger partial charge in [-0.05, 0) is 84.1 Å². The molecule has 0 aromatic heterocycles. The van der Waals surface area contributed by atoms with Gasteiger partial charge in [-0.1, -0.05) is 49.9 Å².